The van der Waals surface area contributed by atoms with Crippen LogP contribution in [0.4, 0.5) is 16.6 Å². The van der Waals surface area contributed by atoms with Gasteiger partial charge in [0.25, 0.3) is 17.7 Å². The first-order valence-electron chi connectivity index (χ1n) is 45.7. The fourth-order valence-electron chi connectivity index (χ4n) is 16.5. The molecule has 716 valence electrons. The monoisotopic (exact) mass is 1810 g/mol. The summed E-state index contributed by atoms with van der Waals surface area (Å²) in [5.41, 5.74) is 17.0. The van der Waals surface area contributed by atoms with Gasteiger partial charge >= 0.3 is 12.1 Å². The lowest BCUT2D eigenvalue weighted by molar-refractivity contribution is -0.264. The third kappa shape index (κ3) is 33.1. The molecular weight excluding hydrogens is 1670 g/mol. The first-order chi connectivity index (χ1) is 62.2. The third-order valence-corrected chi connectivity index (χ3v) is 24.1. The number of ether oxygens (including phenoxy) is 13. The van der Waals surface area contributed by atoms with E-state index in [9.17, 15) is 48.9 Å². The fraction of sp³-hybridized carbons (Fsp3) is 0.685. The van der Waals surface area contributed by atoms with Crippen molar-refractivity contribution in [3.05, 3.63) is 84.0 Å². The molecule has 15 atom stereocenters. The van der Waals surface area contributed by atoms with Crippen molar-refractivity contribution in [3.8, 4) is 11.3 Å². The van der Waals surface area contributed by atoms with Gasteiger partial charge in [0.15, 0.2) is 17.0 Å². The van der Waals surface area contributed by atoms with Crippen LogP contribution in [0.2, 0.25) is 0 Å². The van der Waals surface area contributed by atoms with Crippen LogP contribution >= 0.6 is 0 Å². The summed E-state index contributed by atoms with van der Waals surface area (Å²) in [5, 5.41) is 54.7. The largest absolute Gasteiger partial charge is 0.460 e. The molecule has 0 radical (unpaired) electrons. The molecule has 1 aromatic carbocycles. The minimum absolute atomic E-state index is 0.0146. The minimum atomic E-state index is -2.57. The van der Waals surface area contributed by atoms with Crippen molar-refractivity contribution < 1.29 is 115 Å². The van der Waals surface area contributed by atoms with Gasteiger partial charge in [-0.2, -0.15) is 10.1 Å². The van der Waals surface area contributed by atoms with Crippen LogP contribution in [-0.2, 0) is 110 Å². The molecule has 9 rings (SSSR count). The molecule has 1 aliphatic carbocycles. The van der Waals surface area contributed by atoms with Gasteiger partial charge in [0.05, 0.1) is 155 Å². The number of methoxy groups -OCH3 is 2. The molecule has 4 aromatic heterocycles. The Hall–Kier alpha value is -8.93. The lowest BCUT2D eigenvalue weighted by Gasteiger charge is -2.43. The van der Waals surface area contributed by atoms with Crippen LogP contribution in [0, 0.1) is 35.5 Å². The molecule has 9 N–H and O–H groups in total. The maximum Gasteiger partial charge on any atom is 0.407 e. The number of carbonyl (C=O) groups is 7. The summed E-state index contributed by atoms with van der Waals surface area (Å²) in [6, 6.07) is 3.66. The maximum absolute atomic E-state index is 14.8. The number of amides is 3. The molecule has 3 amide bonds. The Bertz CT molecular complexity index is 4440. The second kappa shape index (κ2) is 54.8. The van der Waals surface area contributed by atoms with Crippen molar-refractivity contribution in [2.75, 3.05) is 151 Å². The molecule has 5 aromatic rings. The zero-order valence-corrected chi connectivity index (χ0v) is 76.6. The van der Waals surface area contributed by atoms with E-state index < -0.39 is 95.5 Å². The number of alkyl carbamates (subject to hydrolysis) is 1. The highest BCUT2D eigenvalue weighted by Crippen LogP contribution is 2.39. The molecule has 8 unspecified atom stereocenters. The van der Waals surface area contributed by atoms with Gasteiger partial charge in [0.1, 0.15) is 53.5 Å². The highest BCUT2D eigenvalue weighted by atomic mass is 16.6. The average molecular weight is 1810 g/mol. The number of aliphatic hydroxyl groups excluding tert-OH is 2. The Morgan fingerprint density at radius 1 is 0.721 bits per heavy atom. The molecule has 3 aliphatic heterocycles. The van der Waals surface area contributed by atoms with Crippen molar-refractivity contribution in [2.24, 2.45) is 35.5 Å². The molecule has 7 heterocycles. The number of unbranched alkanes of at least 4 members (excludes halogenated alkanes) is 2. The van der Waals surface area contributed by atoms with E-state index >= 15 is 0 Å². The van der Waals surface area contributed by atoms with Crippen molar-refractivity contribution >= 4 is 75.2 Å². The van der Waals surface area contributed by atoms with Crippen LogP contribution in [0.1, 0.15) is 163 Å². The number of allylic oxidation sites excluding steroid dienone is 6. The number of nitrogen functional groups attached to an aromatic ring is 2. The van der Waals surface area contributed by atoms with E-state index in [0.29, 0.717) is 216 Å². The number of ketones is 3. The molecular formula is C92H139N13O24. The number of Topliss-reactive ketones (excluding diaryl/α,β-unsaturated/α-hetero) is 3. The topological polar surface area (TPSA) is 480 Å². The fourth-order valence-corrected chi connectivity index (χ4v) is 16.5. The number of nitrogens with one attached hydrogen (secondary N) is 2. The molecule has 2 saturated heterocycles. The first-order valence-corrected chi connectivity index (χ1v) is 45.7. The SMILES string of the molecule is COC(=O)NC1C[C@@H]2CC[C@@H](C)[C@@](O)(O2)C(=O)C(=O)N2CCCC[C@H]2C(=O)OC([C@H](C)CC2CCC(OCCCCc3cn(CCOCCOCCOCCOCCOCCOCCOCCOCCC(=O)NCCCCn4nc(-c5ccc6oc(N)nc6c5)c5c(N)ncnc54)nn3)[C@H](OC)C2)CC(=O)C(C)/C=C(\C)C(O)[C@@H](O)C(=O)C(C)CC(C)/C=C/C=CC=C1C. The van der Waals surface area contributed by atoms with Crippen LogP contribution in [0.5, 0.6) is 0 Å². The molecule has 37 heteroatoms. The van der Waals surface area contributed by atoms with Gasteiger partial charge in [-0.25, -0.2) is 28.9 Å². The number of aryl methyl sites for hydroxylation is 2. The molecule has 2 bridgehead atoms. The number of rotatable bonds is 44. The summed E-state index contributed by atoms with van der Waals surface area (Å²) in [6.45, 7) is 20.8. The van der Waals surface area contributed by atoms with Crippen LogP contribution < -0.4 is 22.1 Å². The number of nitrogens with two attached hydrogens (primary N) is 2. The number of piperidine rings is 1. The summed E-state index contributed by atoms with van der Waals surface area (Å²) in [7, 11) is 2.90. The van der Waals surface area contributed by atoms with E-state index in [1.165, 1.54) is 19.5 Å². The van der Waals surface area contributed by atoms with Gasteiger partial charge in [0, 0.05) is 75.7 Å². The summed E-state index contributed by atoms with van der Waals surface area (Å²) in [6.07, 6.45) is 16.3. The zero-order chi connectivity index (χ0) is 92.6. The standard InChI is InChI=1S/C92H139N13O24/c1-60-19-11-10-12-20-61(2)71(99-91(114)117-9)56-70-26-23-66(7)92(115,129-70)85(111)88(112)104-31-16-13-22-73(104)89(113)127-77(57-74(106)62(3)52-65(6)83(109)84(110)82(108)64(5)51-60)63(4)53-67-24-27-76(78(54-67)116-8)126-34-18-14-21-69-58-103(102-100-69)33-36-119-38-40-121-42-44-123-46-48-125-50-49-124-47-45-122-43-41-120-39-37-118-35-29-79(107)95-30-15-17-32-105-87-80(86(93)96-59-97-87)81(101-105)68-25-28-75-72(55-68)98-90(94)128-75/h10-12,19-20,25,28,52,55,58-60,62-64,66-67,70-71,73,76-78,83-84,109-110,115H,13-18,21-24,26-27,29-51,53-54,56-57H2,1-9H3,(H2,94,98)(H,95,107)(H,99,114)(H2,93,96,97)/b12-10?,19-11+,61-20?,65-52+/t60?,62?,63-,64?,66-,67?,70+,71?,73+,76?,77?,78-,83?,84+,92-/m1/s1. The number of benzene rings is 1. The molecule has 0 spiro atoms. The molecule has 129 heavy (non-hydrogen) atoms. The third-order valence-electron chi connectivity index (χ3n) is 24.1. The second-order valence-corrected chi connectivity index (χ2v) is 34.1. The van der Waals surface area contributed by atoms with E-state index in [2.05, 4.69) is 35.9 Å². The highest BCUT2D eigenvalue weighted by molar-refractivity contribution is 6.39. The number of oxazole rings is 1. The van der Waals surface area contributed by atoms with E-state index in [0.717, 1.165) is 54.7 Å². The highest BCUT2D eigenvalue weighted by Gasteiger charge is 2.53. The predicted molar refractivity (Wildman–Crippen MR) is 476 cm³/mol. The molecule has 3 fully saturated rings. The number of nitrogens with zero attached hydrogens (tertiary/aromatic N) is 9. The normalized spacial score (nSPS) is 25.6. The minimum Gasteiger partial charge on any atom is -0.460 e. The van der Waals surface area contributed by atoms with E-state index in [-0.39, 0.29) is 86.2 Å². The van der Waals surface area contributed by atoms with Crippen LogP contribution in [-0.4, -0.2) is 295 Å². The number of hydrogen-bond acceptors (Lipinski definition) is 32. The van der Waals surface area contributed by atoms with Crippen molar-refractivity contribution in [2.45, 2.75) is 232 Å². The van der Waals surface area contributed by atoms with Crippen molar-refractivity contribution in [1.29, 1.82) is 0 Å². The molecule has 4 aliphatic rings. The van der Waals surface area contributed by atoms with E-state index in [1.807, 2.05) is 44.3 Å². The van der Waals surface area contributed by atoms with E-state index in [1.54, 1.807) is 75.4 Å². The maximum atomic E-state index is 14.8. The number of hydrogen-bond donors (Lipinski definition) is 7. The number of fused-ring (bicyclic) bond motifs is 5. The smallest absolute Gasteiger partial charge is 0.407 e. The number of cyclic esters (lactones) is 1. The van der Waals surface area contributed by atoms with Gasteiger partial charge in [-0.1, -0.05) is 81.9 Å². The Morgan fingerprint density at radius 3 is 2.09 bits per heavy atom. The molecule has 37 nitrogen and oxygen atoms in total. The van der Waals surface area contributed by atoms with Gasteiger partial charge in [-0.05, 0) is 158 Å². The van der Waals surface area contributed by atoms with Gasteiger partial charge in [-0.15, -0.1) is 5.10 Å². The lowest BCUT2D eigenvalue weighted by Crippen LogP contribution is -2.61. The summed E-state index contributed by atoms with van der Waals surface area (Å²) < 4.78 is 84.1. The lowest BCUT2D eigenvalue weighted by atomic mass is 9.78. The van der Waals surface area contributed by atoms with Crippen LogP contribution in [0.3, 0.4) is 0 Å². The number of aromatic nitrogens is 8. The van der Waals surface area contributed by atoms with Crippen LogP contribution in [0.15, 0.2) is 82.7 Å². The van der Waals surface area contributed by atoms with E-state index in [4.69, 9.17) is 82.6 Å². The molecule has 1 saturated carbocycles. The van der Waals surface area contributed by atoms with Crippen LogP contribution in [0.25, 0.3) is 33.4 Å². The summed E-state index contributed by atoms with van der Waals surface area (Å²) in [4.78, 5) is 111. The van der Waals surface area contributed by atoms with Crippen molar-refractivity contribution in [3.63, 3.8) is 0 Å². The Morgan fingerprint density at radius 2 is 1.40 bits per heavy atom. The number of aliphatic hydroxyl groups is 3. The predicted octanol–water partition coefficient (Wildman–Crippen LogP) is 8.11. The zero-order valence-electron chi connectivity index (χ0n) is 76.6. The quantitative estimate of drug-likeness (QED) is 0.00837. The average Bonchev–Trinajstić information content (AvgIpc) is 1.75. The number of anilines is 2. The number of carbonyl (C=O) groups excluding carboxylic acids is 7. The second-order valence-electron chi connectivity index (χ2n) is 34.1. The number of esters is 1. The Labute approximate surface area is 755 Å². The van der Waals surface area contributed by atoms with Gasteiger partial charge in [0.2, 0.25) is 11.7 Å². The Balaban J connectivity index is 0.591. The Kier molecular flexibility index (Phi) is 44.1. The summed E-state index contributed by atoms with van der Waals surface area (Å²) >= 11 is 0. The van der Waals surface area contributed by atoms with Gasteiger partial charge < -0.3 is 108 Å². The first kappa shape index (κ1) is 104. The van der Waals surface area contributed by atoms with Crippen molar-refractivity contribution in [1.82, 2.24) is 55.3 Å². The summed E-state index contributed by atoms with van der Waals surface area (Å²) in [5.74, 6) is -9.12. The van der Waals surface area contributed by atoms with Gasteiger partial charge in [-0.3, -0.25) is 24.0 Å².